The number of aliphatic imine (C=N–C) groups is 1. The molecule has 1 aliphatic carbocycles. The fourth-order valence-electron chi connectivity index (χ4n) is 4.73. The van der Waals surface area contributed by atoms with Crippen molar-refractivity contribution in [2.45, 2.75) is 58.2 Å². The lowest BCUT2D eigenvalue weighted by molar-refractivity contribution is -0.134. The monoisotopic (exact) mass is 577 g/mol. The maximum atomic E-state index is 12.7. The van der Waals surface area contributed by atoms with E-state index < -0.39 is 0 Å². The van der Waals surface area contributed by atoms with Crippen LogP contribution in [0, 0.1) is 5.92 Å². The van der Waals surface area contributed by atoms with Gasteiger partial charge in [0, 0.05) is 43.9 Å². The Labute approximate surface area is 219 Å². The number of halogens is 1. The lowest BCUT2D eigenvalue weighted by Gasteiger charge is -2.21. The molecule has 34 heavy (non-hydrogen) atoms. The summed E-state index contributed by atoms with van der Waals surface area (Å²) in [5.41, 5.74) is 2.20. The zero-order chi connectivity index (χ0) is 23.0. The first kappa shape index (κ1) is 26.2. The minimum Gasteiger partial charge on any atom is -0.357 e. The van der Waals surface area contributed by atoms with Crippen LogP contribution in [0.3, 0.4) is 0 Å². The van der Waals surface area contributed by atoms with Gasteiger partial charge in [-0.25, -0.2) is 4.99 Å². The first-order chi connectivity index (χ1) is 16.1. The van der Waals surface area contributed by atoms with Gasteiger partial charge < -0.3 is 20.1 Å². The molecule has 1 saturated carbocycles. The molecule has 8 heteroatoms. The van der Waals surface area contributed by atoms with Gasteiger partial charge in [-0.05, 0) is 43.4 Å². The Morgan fingerprint density at radius 1 is 1.06 bits per heavy atom. The number of likely N-dealkylation sites (tertiary alicyclic amines) is 1. The maximum absolute atomic E-state index is 12.7. The van der Waals surface area contributed by atoms with Crippen molar-refractivity contribution in [2.24, 2.45) is 10.9 Å². The Morgan fingerprint density at radius 3 is 2.50 bits per heavy atom. The first-order valence-electron chi connectivity index (χ1n) is 12.2. The summed E-state index contributed by atoms with van der Waals surface area (Å²) in [4.78, 5) is 31.4. The number of nitrogens with zero attached hydrogens (tertiary/aromatic N) is 3. The van der Waals surface area contributed by atoms with Crippen molar-refractivity contribution in [1.82, 2.24) is 20.1 Å². The molecular formula is C26H36IN5O2. The third-order valence-corrected chi connectivity index (χ3v) is 6.58. The SMILES string of the molecule is CCNC(=NCc1ccc(Cn2ccccc2=O)cc1)NC1CCN(C(=O)C2CCCC2)C1.I. The molecule has 1 aliphatic heterocycles. The van der Waals surface area contributed by atoms with E-state index in [1.165, 1.54) is 12.8 Å². The lowest BCUT2D eigenvalue weighted by atomic mass is 10.1. The van der Waals surface area contributed by atoms with E-state index in [0.717, 1.165) is 56.0 Å². The van der Waals surface area contributed by atoms with Gasteiger partial charge in [0.05, 0.1) is 13.1 Å². The highest BCUT2D eigenvalue weighted by molar-refractivity contribution is 14.0. The molecule has 0 spiro atoms. The third-order valence-electron chi connectivity index (χ3n) is 6.58. The van der Waals surface area contributed by atoms with E-state index in [1.54, 1.807) is 22.9 Å². The molecule has 2 N–H and O–H groups in total. The molecule has 0 bridgehead atoms. The van der Waals surface area contributed by atoms with Gasteiger partial charge in [0.15, 0.2) is 5.96 Å². The van der Waals surface area contributed by atoms with E-state index in [9.17, 15) is 9.59 Å². The fourth-order valence-corrected chi connectivity index (χ4v) is 4.73. The van der Waals surface area contributed by atoms with Gasteiger partial charge in [0.1, 0.15) is 0 Å². The van der Waals surface area contributed by atoms with Crippen molar-refractivity contribution in [2.75, 3.05) is 19.6 Å². The van der Waals surface area contributed by atoms with Crippen molar-refractivity contribution in [3.63, 3.8) is 0 Å². The molecule has 1 saturated heterocycles. The summed E-state index contributed by atoms with van der Waals surface area (Å²) in [7, 11) is 0. The number of amides is 1. The lowest BCUT2D eigenvalue weighted by Crippen LogP contribution is -2.45. The number of benzene rings is 1. The number of hydrogen-bond donors (Lipinski definition) is 2. The van der Waals surface area contributed by atoms with E-state index in [1.807, 2.05) is 23.1 Å². The summed E-state index contributed by atoms with van der Waals surface area (Å²) < 4.78 is 1.70. The molecule has 2 heterocycles. The molecule has 1 aromatic heterocycles. The molecule has 1 unspecified atom stereocenters. The van der Waals surface area contributed by atoms with Crippen LogP contribution in [0.2, 0.25) is 0 Å². The molecule has 4 rings (SSSR count). The average Bonchev–Trinajstić information content (AvgIpc) is 3.52. The Bertz CT molecular complexity index is 1010. The predicted molar refractivity (Wildman–Crippen MR) is 147 cm³/mol. The molecule has 184 valence electrons. The number of nitrogens with one attached hydrogen (secondary N) is 2. The molecule has 2 fully saturated rings. The largest absolute Gasteiger partial charge is 0.357 e. The zero-order valence-electron chi connectivity index (χ0n) is 19.9. The van der Waals surface area contributed by atoms with Crippen LogP contribution in [0.5, 0.6) is 0 Å². The van der Waals surface area contributed by atoms with E-state index in [-0.39, 0.29) is 41.5 Å². The number of aromatic nitrogens is 1. The smallest absolute Gasteiger partial charge is 0.250 e. The van der Waals surface area contributed by atoms with E-state index in [0.29, 0.717) is 19.0 Å². The van der Waals surface area contributed by atoms with Gasteiger partial charge in [-0.15, -0.1) is 24.0 Å². The third kappa shape index (κ3) is 7.07. The normalized spacial score (nSPS) is 18.6. The van der Waals surface area contributed by atoms with Gasteiger partial charge in [0.25, 0.3) is 5.56 Å². The topological polar surface area (TPSA) is 78.7 Å². The van der Waals surface area contributed by atoms with Crippen LogP contribution in [0.1, 0.15) is 50.2 Å². The Kier molecular flexibility index (Phi) is 9.98. The molecule has 1 amide bonds. The second-order valence-corrected chi connectivity index (χ2v) is 9.07. The van der Waals surface area contributed by atoms with Crippen LogP contribution >= 0.6 is 24.0 Å². The Balaban J connectivity index is 0.00000324. The average molecular weight is 578 g/mol. The summed E-state index contributed by atoms with van der Waals surface area (Å²) in [5, 5.41) is 6.85. The van der Waals surface area contributed by atoms with E-state index in [2.05, 4.69) is 29.7 Å². The highest BCUT2D eigenvalue weighted by Gasteiger charge is 2.32. The number of carbonyl (C=O) groups excluding carboxylic acids is 1. The highest BCUT2D eigenvalue weighted by atomic mass is 127. The predicted octanol–water partition coefficient (Wildman–Crippen LogP) is 3.36. The minimum absolute atomic E-state index is 0. The van der Waals surface area contributed by atoms with Gasteiger partial charge in [-0.1, -0.05) is 43.2 Å². The standard InChI is InChI=1S/C26H35N5O2.HI/c1-2-27-26(29-23-14-16-31(19-23)25(33)22-7-3-4-8-22)28-17-20-10-12-21(13-11-20)18-30-15-6-5-9-24(30)32;/h5-6,9-13,15,22-23H,2-4,7-8,14,16-19H2,1H3,(H2,27,28,29);1H. The summed E-state index contributed by atoms with van der Waals surface area (Å²) in [6.07, 6.45) is 7.25. The zero-order valence-corrected chi connectivity index (χ0v) is 22.2. The van der Waals surface area contributed by atoms with Gasteiger partial charge in [0.2, 0.25) is 5.91 Å². The molecule has 1 aromatic carbocycles. The van der Waals surface area contributed by atoms with Crippen LogP contribution in [0.4, 0.5) is 0 Å². The van der Waals surface area contributed by atoms with Crippen LogP contribution in [-0.2, 0) is 17.9 Å². The highest BCUT2D eigenvalue weighted by Crippen LogP contribution is 2.27. The Morgan fingerprint density at radius 2 is 1.79 bits per heavy atom. The minimum atomic E-state index is 0. The number of pyridine rings is 1. The molecule has 2 aliphatic rings. The first-order valence-corrected chi connectivity index (χ1v) is 12.2. The van der Waals surface area contributed by atoms with Crippen molar-refractivity contribution < 1.29 is 4.79 Å². The number of guanidine groups is 1. The van der Waals surface area contributed by atoms with Crippen LogP contribution in [-0.4, -0.2) is 47.0 Å². The van der Waals surface area contributed by atoms with Crippen LogP contribution in [0.15, 0.2) is 58.4 Å². The summed E-state index contributed by atoms with van der Waals surface area (Å²) in [6, 6.07) is 13.7. The second-order valence-electron chi connectivity index (χ2n) is 9.07. The summed E-state index contributed by atoms with van der Waals surface area (Å²) in [5.74, 6) is 1.38. The van der Waals surface area contributed by atoms with Crippen molar-refractivity contribution in [3.8, 4) is 0 Å². The van der Waals surface area contributed by atoms with Crippen molar-refractivity contribution >= 4 is 35.8 Å². The van der Waals surface area contributed by atoms with Crippen LogP contribution < -0.4 is 16.2 Å². The van der Waals surface area contributed by atoms with Gasteiger partial charge >= 0.3 is 0 Å². The molecular weight excluding hydrogens is 541 g/mol. The van der Waals surface area contributed by atoms with Crippen LogP contribution in [0.25, 0.3) is 0 Å². The maximum Gasteiger partial charge on any atom is 0.250 e. The number of carbonyl (C=O) groups is 1. The van der Waals surface area contributed by atoms with Crippen molar-refractivity contribution in [3.05, 3.63) is 70.1 Å². The molecule has 1 atom stereocenters. The Hall–Kier alpha value is -2.36. The number of rotatable bonds is 7. The van der Waals surface area contributed by atoms with Crippen molar-refractivity contribution in [1.29, 1.82) is 0 Å². The van der Waals surface area contributed by atoms with E-state index in [4.69, 9.17) is 4.99 Å². The van der Waals surface area contributed by atoms with E-state index >= 15 is 0 Å². The fraction of sp³-hybridized carbons (Fsp3) is 0.500. The summed E-state index contributed by atoms with van der Waals surface area (Å²) >= 11 is 0. The quantitative estimate of drug-likeness (QED) is 0.301. The second kappa shape index (κ2) is 12.9. The number of hydrogen-bond acceptors (Lipinski definition) is 3. The van der Waals surface area contributed by atoms with Gasteiger partial charge in [-0.3, -0.25) is 9.59 Å². The molecule has 7 nitrogen and oxygen atoms in total. The molecule has 0 radical (unpaired) electrons. The summed E-state index contributed by atoms with van der Waals surface area (Å²) in [6.45, 7) is 5.56. The molecule has 2 aromatic rings. The van der Waals surface area contributed by atoms with Gasteiger partial charge in [-0.2, -0.15) is 0 Å².